The van der Waals surface area contributed by atoms with E-state index in [0.29, 0.717) is 6.54 Å². The van der Waals surface area contributed by atoms with Crippen molar-refractivity contribution in [1.29, 1.82) is 0 Å². The molecule has 90 valence electrons. The number of benzene rings is 1. The van der Waals surface area contributed by atoms with E-state index in [2.05, 4.69) is 10.6 Å². The van der Waals surface area contributed by atoms with Crippen LogP contribution in [-0.2, 0) is 9.59 Å². The largest absolute Gasteiger partial charge is 0.354 e. The van der Waals surface area contributed by atoms with Gasteiger partial charge in [0.15, 0.2) is 0 Å². The van der Waals surface area contributed by atoms with Gasteiger partial charge in [0.25, 0.3) is 0 Å². The molecule has 1 saturated heterocycles. The van der Waals surface area contributed by atoms with E-state index in [1.807, 2.05) is 30.3 Å². The fourth-order valence-electron chi connectivity index (χ4n) is 2.13. The molecule has 1 aromatic rings. The molecule has 1 aliphatic rings. The van der Waals surface area contributed by atoms with Crippen LogP contribution in [0.25, 0.3) is 0 Å². The van der Waals surface area contributed by atoms with E-state index in [-0.39, 0.29) is 23.8 Å². The van der Waals surface area contributed by atoms with Crippen LogP contribution in [0, 0.1) is 0 Å². The maximum Gasteiger partial charge on any atom is 0.227 e. The van der Waals surface area contributed by atoms with Crippen molar-refractivity contribution >= 4 is 11.8 Å². The van der Waals surface area contributed by atoms with Gasteiger partial charge < -0.3 is 10.6 Å². The predicted molar refractivity (Wildman–Crippen MR) is 64.4 cm³/mol. The zero-order chi connectivity index (χ0) is 12.3. The summed E-state index contributed by atoms with van der Waals surface area (Å²) in [5.74, 6) is -0.107. The summed E-state index contributed by atoms with van der Waals surface area (Å²) in [7, 11) is 0. The molecule has 4 nitrogen and oxygen atoms in total. The van der Waals surface area contributed by atoms with Crippen LogP contribution in [0.15, 0.2) is 30.3 Å². The second-order valence-corrected chi connectivity index (χ2v) is 4.34. The Labute approximate surface area is 100 Å². The fraction of sp³-hybridized carbons (Fsp3) is 0.385. The second kappa shape index (κ2) is 4.99. The highest BCUT2D eigenvalue weighted by molar-refractivity contribution is 5.86. The minimum atomic E-state index is -0.0880. The molecule has 1 fully saturated rings. The highest BCUT2D eigenvalue weighted by Gasteiger charge is 2.32. The van der Waals surface area contributed by atoms with Crippen molar-refractivity contribution in [3.8, 4) is 0 Å². The Balaban J connectivity index is 1.98. The molecule has 1 unspecified atom stereocenters. The van der Waals surface area contributed by atoms with E-state index in [9.17, 15) is 9.59 Å². The number of nitrogens with one attached hydrogen (secondary N) is 2. The van der Waals surface area contributed by atoms with Crippen LogP contribution in [-0.4, -0.2) is 24.4 Å². The summed E-state index contributed by atoms with van der Waals surface area (Å²) in [6, 6.07) is 9.77. The monoisotopic (exact) mass is 232 g/mol. The summed E-state index contributed by atoms with van der Waals surface area (Å²) >= 11 is 0. The molecule has 0 bridgehead atoms. The Kier molecular flexibility index (Phi) is 3.42. The number of carbonyl (C=O) groups excluding carboxylic acids is 2. The van der Waals surface area contributed by atoms with Crippen LogP contribution < -0.4 is 10.6 Å². The van der Waals surface area contributed by atoms with Crippen molar-refractivity contribution in [1.82, 2.24) is 10.6 Å². The van der Waals surface area contributed by atoms with Gasteiger partial charge in [-0.1, -0.05) is 30.3 Å². The third-order valence-corrected chi connectivity index (χ3v) is 2.98. The van der Waals surface area contributed by atoms with Gasteiger partial charge in [0.05, 0.1) is 5.92 Å². The number of hydrogen-bond donors (Lipinski definition) is 2. The molecule has 0 spiro atoms. The van der Waals surface area contributed by atoms with Gasteiger partial charge in [-0.2, -0.15) is 0 Å². The fourth-order valence-corrected chi connectivity index (χ4v) is 2.13. The lowest BCUT2D eigenvalue weighted by Crippen LogP contribution is -2.37. The summed E-state index contributed by atoms with van der Waals surface area (Å²) in [6.07, 6.45) is 0.739. The number of rotatable bonds is 3. The number of carbonyl (C=O) groups is 2. The lowest BCUT2D eigenvalue weighted by atomic mass is 9.96. The average molecular weight is 232 g/mol. The van der Waals surface area contributed by atoms with Crippen molar-refractivity contribution in [2.75, 3.05) is 6.54 Å². The van der Waals surface area contributed by atoms with Crippen molar-refractivity contribution in [3.05, 3.63) is 35.9 Å². The molecule has 4 heteroatoms. The van der Waals surface area contributed by atoms with E-state index < -0.39 is 0 Å². The molecule has 0 aliphatic carbocycles. The molecule has 2 rings (SSSR count). The molecule has 2 atom stereocenters. The van der Waals surface area contributed by atoms with Gasteiger partial charge in [0.1, 0.15) is 0 Å². The maximum absolute atomic E-state index is 11.8. The summed E-state index contributed by atoms with van der Waals surface area (Å²) in [4.78, 5) is 22.6. The zero-order valence-electron chi connectivity index (χ0n) is 9.77. The Hall–Kier alpha value is -1.84. The van der Waals surface area contributed by atoms with Crippen molar-refractivity contribution < 1.29 is 9.59 Å². The third kappa shape index (κ3) is 2.84. The maximum atomic E-state index is 11.8. The van der Waals surface area contributed by atoms with Crippen molar-refractivity contribution in [3.63, 3.8) is 0 Å². The van der Waals surface area contributed by atoms with Crippen LogP contribution in [0.3, 0.4) is 0 Å². The molecule has 0 saturated carbocycles. The molecule has 17 heavy (non-hydrogen) atoms. The highest BCUT2D eigenvalue weighted by Crippen LogP contribution is 2.26. The molecule has 1 aliphatic heterocycles. The molecule has 0 radical (unpaired) electrons. The molecule has 1 aromatic carbocycles. The minimum Gasteiger partial charge on any atom is -0.354 e. The SMILES string of the molecule is CC(=O)NCC1C[C@@H](c2ccccc2)C(=O)N1. The quantitative estimate of drug-likeness (QED) is 0.809. The molecular weight excluding hydrogens is 216 g/mol. The molecule has 2 N–H and O–H groups in total. The average Bonchev–Trinajstić information content (AvgIpc) is 2.69. The first-order valence-corrected chi connectivity index (χ1v) is 5.76. The van der Waals surface area contributed by atoms with Gasteiger partial charge in [-0.05, 0) is 12.0 Å². The van der Waals surface area contributed by atoms with Gasteiger partial charge in [-0.25, -0.2) is 0 Å². The first-order valence-electron chi connectivity index (χ1n) is 5.76. The van der Waals surface area contributed by atoms with E-state index in [0.717, 1.165) is 12.0 Å². The topological polar surface area (TPSA) is 58.2 Å². The number of hydrogen-bond acceptors (Lipinski definition) is 2. The van der Waals surface area contributed by atoms with Crippen LogP contribution in [0.1, 0.15) is 24.8 Å². The lowest BCUT2D eigenvalue weighted by molar-refractivity contribution is -0.121. The Morgan fingerprint density at radius 1 is 1.41 bits per heavy atom. The summed E-state index contributed by atoms with van der Waals surface area (Å²) < 4.78 is 0. The van der Waals surface area contributed by atoms with E-state index in [4.69, 9.17) is 0 Å². The predicted octanol–water partition coefficient (Wildman–Crippen LogP) is 0.795. The number of amides is 2. The summed E-state index contributed by atoms with van der Waals surface area (Å²) in [5, 5.41) is 5.63. The van der Waals surface area contributed by atoms with E-state index in [1.165, 1.54) is 6.92 Å². The molecule has 1 heterocycles. The normalized spacial score (nSPS) is 23.2. The first-order chi connectivity index (χ1) is 8.16. The van der Waals surface area contributed by atoms with E-state index >= 15 is 0 Å². The van der Waals surface area contributed by atoms with Gasteiger partial charge in [0, 0.05) is 19.5 Å². The zero-order valence-corrected chi connectivity index (χ0v) is 9.77. The van der Waals surface area contributed by atoms with Crippen LogP contribution in [0.5, 0.6) is 0 Å². The van der Waals surface area contributed by atoms with Gasteiger partial charge in [-0.15, -0.1) is 0 Å². The van der Waals surface area contributed by atoms with E-state index in [1.54, 1.807) is 0 Å². The smallest absolute Gasteiger partial charge is 0.227 e. The Bertz CT molecular complexity index is 417. The first kappa shape index (κ1) is 11.6. The Morgan fingerprint density at radius 3 is 2.76 bits per heavy atom. The molecule has 0 aromatic heterocycles. The van der Waals surface area contributed by atoms with Crippen molar-refractivity contribution in [2.24, 2.45) is 0 Å². The van der Waals surface area contributed by atoms with Gasteiger partial charge >= 0.3 is 0 Å². The summed E-state index contributed by atoms with van der Waals surface area (Å²) in [5.41, 5.74) is 1.04. The minimum absolute atomic E-state index is 0.0385. The standard InChI is InChI=1S/C13H16N2O2/c1-9(16)14-8-11-7-12(13(17)15-11)10-5-3-2-4-6-10/h2-6,11-12H,7-8H2,1H3,(H,14,16)(H,15,17)/t11?,12-/m0/s1. The van der Waals surface area contributed by atoms with Gasteiger partial charge in [-0.3, -0.25) is 9.59 Å². The van der Waals surface area contributed by atoms with Crippen molar-refractivity contribution in [2.45, 2.75) is 25.3 Å². The lowest BCUT2D eigenvalue weighted by Gasteiger charge is -2.09. The molecule has 2 amide bonds. The van der Waals surface area contributed by atoms with Gasteiger partial charge in [0.2, 0.25) is 11.8 Å². The van der Waals surface area contributed by atoms with Crippen LogP contribution in [0.2, 0.25) is 0 Å². The molecular formula is C13H16N2O2. The Morgan fingerprint density at radius 2 is 2.12 bits per heavy atom. The van der Waals surface area contributed by atoms with Crippen LogP contribution in [0.4, 0.5) is 0 Å². The van der Waals surface area contributed by atoms with Crippen LogP contribution >= 0.6 is 0 Å². The summed E-state index contributed by atoms with van der Waals surface area (Å²) in [6.45, 7) is 1.98. The third-order valence-electron chi connectivity index (χ3n) is 2.98. The second-order valence-electron chi connectivity index (χ2n) is 4.34. The highest BCUT2D eigenvalue weighted by atomic mass is 16.2.